The minimum Gasteiger partial charge on any atom is -0.478 e. The number of nitrogens with zero attached hydrogens (tertiary/aromatic N) is 6. The van der Waals surface area contributed by atoms with Gasteiger partial charge in [-0.3, -0.25) is 34.7 Å². The van der Waals surface area contributed by atoms with Crippen molar-refractivity contribution in [2.45, 2.75) is 74.9 Å². The molecule has 0 bridgehead atoms. The summed E-state index contributed by atoms with van der Waals surface area (Å²) < 4.78 is 0. The summed E-state index contributed by atoms with van der Waals surface area (Å²) in [4.78, 5) is 49.7. The molecule has 1 amide bonds. The molecule has 0 unspecified atom stereocenters. The molecular weight excluding hydrogens is 844 g/mol. The highest BCUT2D eigenvalue weighted by Crippen LogP contribution is 2.22. The summed E-state index contributed by atoms with van der Waals surface area (Å²) in [6.07, 6.45) is 7.61. The van der Waals surface area contributed by atoms with E-state index in [2.05, 4.69) is 54.3 Å². The number of nitrogens with one attached hydrogen (secondary N) is 1. The van der Waals surface area contributed by atoms with Crippen molar-refractivity contribution < 1.29 is 14.7 Å². The van der Waals surface area contributed by atoms with Crippen LogP contribution in [0.3, 0.4) is 0 Å². The Kier molecular flexibility index (Phi) is 16.7. The summed E-state index contributed by atoms with van der Waals surface area (Å²) in [6.45, 7) is 13.1. The number of carbonyl (C=O) groups excluding carboxylic acids is 1. The van der Waals surface area contributed by atoms with Crippen LogP contribution in [-0.2, 0) is 25.9 Å². The van der Waals surface area contributed by atoms with Crippen LogP contribution in [0, 0.1) is 41.5 Å². The van der Waals surface area contributed by atoms with Crippen molar-refractivity contribution in [3.05, 3.63) is 198 Å². The van der Waals surface area contributed by atoms with Gasteiger partial charge in [0.05, 0.1) is 26.6 Å². The van der Waals surface area contributed by atoms with Crippen molar-refractivity contribution >= 4 is 56.9 Å². The summed E-state index contributed by atoms with van der Waals surface area (Å²) in [5, 5.41) is 15.1. The molecule has 0 saturated heterocycles. The largest absolute Gasteiger partial charge is 0.478 e. The average Bonchev–Trinajstić information content (AvgIpc) is 3.23. The van der Waals surface area contributed by atoms with E-state index < -0.39 is 5.97 Å². The summed E-state index contributed by atoms with van der Waals surface area (Å²) in [7, 11) is 0. The fraction of sp³-hybridized carbons (Fsp3) is 0.216. The number of aryl methyl sites for hydroxylation is 6. The molecule has 0 atom stereocenters. The van der Waals surface area contributed by atoms with E-state index in [1.807, 2.05) is 89.2 Å². The van der Waals surface area contributed by atoms with Crippen molar-refractivity contribution in [2.75, 3.05) is 0 Å². The predicted octanol–water partition coefficient (Wildman–Crippen LogP) is 10.8. The van der Waals surface area contributed by atoms with E-state index in [-0.39, 0.29) is 18.9 Å². The lowest BCUT2D eigenvalue weighted by Gasteiger charge is -2.12. The number of benzene rings is 2. The first kappa shape index (κ1) is 48.4. The zero-order valence-corrected chi connectivity index (χ0v) is 37.5. The van der Waals surface area contributed by atoms with E-state index in [1.165, 1.54) is 23.4 Å². The van der Waals surface area contributed by atoms with Gasteiger partial charge in [-0.05, 0) is 148 Å². The molecule has 0 saturated carbocycles. The zero-order chi connectivity index (χ0) is 45.2. The fourth-order valence-corrected chi connectivity index (χ4v) is 7.65. The molecular formula is C51H52Cl2N8O3. The molecule has 2 aromatic carbocycles. The summed E-state index contributed by atoms with van der Waals surface area (Å²) >= 11 is 12.0. The number of carbonyl (C=O) groups is 2. The third-order valence-electron chi connectivity index (χ3n) is 10.3. The number of carboxylic acids is 1. The SMILES string of the molecule is C.Cc1cc(C)c(CN)c(C)n1.Cc1cc(C)c(CNC(=O)c2ccnc(Cc3ccc4ncc(Cl)cc4c3)c2)c(C)n1.O=C(O)c1ccnc(Cc2ccc3ncc(Cl)cc3c2)c1. The number of halogens is 2. The number of carboxylic acid groups (broad SMARTS) is 1. The smallest absolute Gasteiger partial charge is 0.335 e. The number of hydrogen-bond donors (Lipinski definition) is 3. The highest BCUT2D eigenvalue weighted by molar-refractivity contribution is 6.31. The van der Waals surface area contributed by atoms with E-state index in [0.29, 0.717) is 47.2 Å². The molecule has 0 spiro atoms. The molecule has 6 heterocycles. The number of pyridine rings is 6. The Labute approximate surface area is 384 Å². The van der Waals surface area contributed by atoms with Gasteiger partial charge in [0.25, 0.3) is 5.91 Å². The molecule has 13 heteroatoms. The molecule has 11 nitrogen and oxygen atoms in total. The van der Waals surface area contributed by atoms with Gasteiger partial charge in [-0.15, -0.1) is 0 Å². The Hall–Kier alpha value is -6.66. The third kappa shape index (κ3) is 12.9. The monoisotopic (exact) mass is 894 g/mol. The van der Waals surface area contributed by atoms with Gasteiger partial charge in [0.1, 0.15) is 0 Å². The number of aromatic carboxylic acids is 1. The topological polar surface area (TPSA) is 170 Å². The summed E-state index contributed by atoms with van der Waals surface area (Å²) in [6, 6.07) is 26.4. The molecule has 0 radical (unpaired) electrons. The Morgan fingerprint density at radius 3 is 1.55 bits per heavy atom. The number of nitrogens with two attached hydrogens (primary N) is 1. The van der Waals surface area contributed by atoms with E-state index in [0.717, 1.165) is 72.5 Å². The second kappa shape index (κ2) is 22.1. The van der Waals surface area contributed by atoms with Crippen LogP contribution in [0.2, 0.25) is 10.0 Å². The van der Waals surface area contributed by atoms with E-state index >= 15 is 0 Å². The van der Waals surface area contributed by atoms with Gasteiger partial charge in [0, 0.05) is 101 Å². The van der Waals surface area contributed by atoms with Crippen molar-refractivity contribution in [1.82, 2.24) is 35.2 Å². The molecule has 328 valence electrons. The third-order valence-corrected chi connectivity index (χ3v) is 10.7. The Morgan fingerprint density at radius 2 is 1.08 bits per heavy atom. The predicted molar refractivity (Wildman–Crippen MR) is 257 cm³/mol. The van der Waals surface area contributed by atoms with Crippen LogP contribution in [0.1, 0.15) is 95.7 Å². The molecule has 64 heavy (non-hydrogen) atoms. The number of hydrogen-bond acceptors (Lipinski definition) is 9. The Balaban J connectivity index is 0.000000201. The van der Waals surface area contributed by atoms with Gasteiger partial charge >= 0.3 is 5.97 Å². The molecule has 4 N–H and O–H groups in total. The minimum atomic E-state index is -0.951. The van der Waals surface area contributed by atoms with E-state index in [1.54, 1.807) is 30.7 Å². The van der Waals surface area contributed by atoms with Crippen LogP contribution in [0.5, 0.6) is 0 Å². The van der Waals surface area contributed by atoms with Gasteiger partial charge in [0.15, 0.2) is 0 Å². The quantitative estimate of drug-likeness (QED) is 0.127. The number of amides is 1. The van der Waals surface area contributed by atoms with E-state index in [9.17, 15) is 9.59 Å². The normalized spacial score (nSPS) is 10.6. The van der Waals surface area contributed by atoms with Crippen molar-refractivity contribution in [2.24, 2.45) is 5.73 Å². The highest BCUT2D eigenvalue weighted by Gasteiger charge is 2.12. The van der Waals surface area contributed by atoms with Crippen molar-refractivity contribution in [3.8, 4) is 0 Å². The average molecular weight is 896 g/mol. The van der Waals surface area contributed by atoms with Gasteiger partial charge in [0.2, 0.25) is 0 Å². The number of aromatic nitrogens is 6. The fourth-order valence-electron chi connectivity index (χ4n) is 7.32. The molecule has 0 aliphatic carbocycles. The van der Waals surface area contributed by atoms with Crippen molar-refractivity contribution in [3.63, 3.8) is 0 Å². The van der Waals surface area contributed by atoms with Crippen LogP contribution < -0.4 is 11.1 Å². The van der Waals surface area contributed by atoms with Gasteiger partial charge in [-0.25, -0.2) is 4.79 Å². The Morgan fingerprint density at radius 1 is 0.609 bits per heavy atom. The second-order valence-electron chi connectivity index (χ2n) is 15.3. The maximum atomic E-state index is 12.7. The molecule has 0 aliphatic rings. The lowest BCUT2D eigenvalue weighted by Crippen LogP contribution is -2.24. The number of fused-ring (bicyclic) bond motifs is 2. The molecule has 0 aliphatic heterocycles. The zero-order valence-electron chi connectivity index (χ0n) is 36.0. The first-order valence-corrected chi connectivity index (χ1v) is 21.0. The Bertz CT molecular complexity index is 2910. The molecule has 8 aromatic rings. The number of rotatable bonds is 9. The van der Waals surface area contributed by atoms with Crippen LogP contribution in [0.4, 0.5) is 0 Å². The maximum absolute atomic E-state index is 12.7. The highest BCUT2D eigenvalue weighted by atomic mass is 35.5. The minimum absolute atomic E-state index is 0. The van der Waals surface area contributed by atoms with Gasteiger partial charge in [-0.2, -0.15) is 0 Å². The van der Waals surface area contributed by atoms with Gasteiger partial charge in [-0.1, -0.05) is 42.8 Å². The summed E-state index contributed by atoms with van der Waals surface area (Å²) in [5.41, 5.74) is 20.5. The van der Waals surface area contributed by atoms with Crippen LogP contribution >= 0.6 is 23.2 Å². The first-order chi connectivity index (χ1) is 30.1. The standard InChI is InChI=1S/C25H23ClN4O.C16H11ClN2O2.C9H14N2.CH4/c1-15-8-16(2)30-17(3)23(15)14-29-25(31)19-6-7-27-22(12-19)10-18-4-5-24-20(9-18)11-21(26)13-28-24;17-13-7-12-5-10(1-2-15(12)19-9-13)6-14-8-11(16(20)21)3-4-18-14;1-6-4-7(2)11-8(3)9(6)5-10;/h4-9,11-13H,10,14H2,1-3H3,(H,29,31);1-5,7-9H,6H2,(H,20,21);4H,5,10H2,1-3H3;1H4. The second-order valence-corrected chi connectivity index (χ2v) is 16.1. The van der Waals surface area contributed by atoms with Crippen molar-refractivity contribution in [1.29, 1.82) is 0 Å². The lowest BCUT2D eigenvalue weighted by molar-refractivity contribution is 0.0696. The molecule has 6 aromatic heterocycles. The van der Waals surface area contributed by atoms with Gasteiger partial charge < -0.3 is 16.2 Å². The lowest BCUT2D eigenvalue weighted by atomic mass is 10.0. The summed E-state index contributed by atoms with van der Waals surface area (Å²) in [5.74, 6) is -1.08. The van der Waals surface area contributed by atoms with Crippen LogP contribution in [0.15, 0.2) is 110 Å². The first-order valence-electron chi connectivity index (χ1n) is 20.2. The maximum Gasteiger partial charge on any atom is 0.335 e. The molecule has 0 fully saturated rings. The molecule has 8 rings (SSSR count). The van der Waals surface area contributed by atoms with E-state index in [4.69, 9.17) is 34.0 Å². The van der Waals surface area contributed by atoms with Crippen LogP contribution in [-0.4, -0.2) is 46.9 Å². The van der Waals surface area contributed by atoms with Crippen LogP contribution in [0.25, 0.3) is 21.8 Å².